The fourth-order valence-electron chi connectivity index (χ4n) is 2.12. The Morgan fingerprint density at radius 2 is 2.24 bits per heavy atom. The lowest BCUT2D eigenvalue weighted by atomic mass is 10.1. The van der Waals surface area contributed by atoms with E-state index in [1.165, 1.54) is 22.0 Å². The monoisotopic (exact) mass is 228 g/mol. The Labute approximate surface area is 103 Å². The zero-order valence-electron chi connectivity index (χ0n) is 10.7. The van der Waals surface area contributed by atoms with Gasteiger partial charge in [-0.1, -0.05) is 17.7 Å². The van der Waals surface area contributed by atoms with Crippen molar-refractivity contribution in [2.75, 3.05) is 20.1 Å². The van der Waals surface area contributed by atoms with E-state index in [0.717, 1.165) is 19.5 Å². The fraction of sp³-hybridized carbons (Fsp3) is 0.333. The van der Waals surface area contributed by atoms with E-state index < -0.39 is 0 Å². The summed E-state index contributed by atoms with van der Waals surface area (Å²) in [7, 11) is 2.13. The zero-order chi connectivity index (χ0) is 12.3. The van der Waals surface area contributed by atoms with Crippen molar-refractivity contribution in [3.05, 3.63) is 48.2 Å². The SMILES string of the molecule is C=CCN(C)CCc1c[nH]c2ccc(C)cc12. The van der Waals surface area contributed by atoms with Crippen molar-refractivity contribution in [1.82, 2.24) is 9.88 Å². The normalized spacial score (nSPS) is 11.2. The van der Waals surface area contributed by atoms with Gasteiger partial charge in [0.1, 0.15) is 0 Å². The molecule has 2 heteroatoms. The number of rotatable bonds is 5. The molecule has 0 fully saturated rings. The van der Waals surface area contributed by atoms with Crippen molar-refractivity contribution in [1.29, 1.82) is 0 Å². The first-order valence-corrected chi connectivity index (χ1v) is 6.07. The molecule has 0 saturated carbocycles. The molecule has 1 aromatic carbocycles. The second-order valence-corrected chi connectivity index (χ2v) is 4.66. The van der Waals surface area contributed by atoms with E-state index in [9.17, 15) is 0 Å². The van der Waals surface area contributed by atoms with Crippen LogP contribution in [0.2, 0.25) is 0 Å². The van der Waals surface area contributed by atoms with Crippen LogP contribution in [0.1, 0.15) is 11.1 Å². The van der Waals surface area contributed by atoms with Crippen molar-refractivity contribution < 1.29 is 0 Å². The van der Waals surface area contributed by atoms with Crippen LogP contribution < -0.4 is 0 Å². The lowest BCUT2D eigenvalue weighted by molar-refractivity contribution is 0.376. The van der Waals surface area contributed by atoms with E-state index in [0.29, 0.717) is 0 Å². The number of aromatic nitrogens is 1. The van der Waals surface area contributed by atoms with E-state index in [-0.39, 0.29) is 0 Å². The second kappa shape index (κ2) is 5.19. The quantitative estimate of drug-likeness (QED) is 0.779. The van der Waals surface area contributed by atoms with Gasteiger partial charge in [-0.2, -0.15) is 0 Å². The summed E-state index contributed by atoms with van der Waals surface area (Å²) in [4.78, 5) is 5.61. The highest BCUT2D eigenvalue weighted by Crippen LogP contribution is 2.20. The number of nitrogens with zero attached hydrogens (tertiary/aromatic N) is 1. The average molecular weight is 228 g/mol. The zero-order valence-corrected chi connectivity index (χ0v) is 10.7. The molecule has 0 amide bonds. The minimum Gasteiger partial charge on any atom is -0.361 e. The maximum absolute atomic E-state index is 3.76. The predicted molar refractivity (Wildman–Crippen MR) is 74.4 cm³/mol. The van der Waals surface area contributed by atoms with Crippen molar-refractivity contribution in [3.8, 4) is 0 Å². The predicted octanol–water partition coefficient (Wildman–Crippen LogP) is 3.14. The molecule has 0 aliphatic heterocycles. The Morgan fingerprint density at radius 1 is 1.41 bits per heavy atom. The molecule has 0 aliphatic carbocycles. The van der Waals surface area contributed by atoms with Gasteiger partial charge in [-0.3, -0.25) is 0 Å². The smallest absolute Gasteiger partial charge is 0.0456 e. The van der Waals surface area contributed by atoms with Gasteiger partial charge in [0.25, 0.3) is 0 Å². The van der Waals surface area contributed by atoms with Crippen LogP contribution in [0.25, 0.3) is 10.9 Å². The van der Waals surface area contributed by atoms with Gasteiger partial charge in [-0.15, -0.1) is 6.58 Å². The molecule has 0 unspecified atom stereocenters. The molecule has 2 rings (SSSR count). The van der Waals surface area contributed by atoms with Gasteiger partial charge < -0.3 is 9.88 Å². The van der Waals surface area contributed by atoms with E-state index >= 15 is 0 Å². The topological polar surface area (TPSA) is 19.0 Å². The minimum atomic E-state index is 0.946. The number of H-pyrrole nitrogens is 1. The third kappa shape index (κ3) is 2.77. The van der Waals surface area contributed by atoms with Gasteiger partial charge in [0.05, 0.1) is 0 Å². The van der Waals surface area contributed by atoms with Gasteiger partial charge in [-0.05, 0) is 38.1 Å². The Kier molecular flexibility index (Phi) is 3.64. The summed E-state index contributed by atoms with van der Waals surface area (Å²) in [6.07, 6.45) is 5.15. The maximum Gasteiger partial charge on any atom is 0.0456 e. The van der Waals surface area contributed by atoms with Crippen LogP contribution in [-0.4, -0.2) is 30.0 Å². The fourth-order valence-corrected chi connectivity index (χ4v) is 2.12. The number of hydrogen-bond donors (Lipinski definition) is 1. The minimum absolute atomic E-state index is 0.946. The molecule has 0 spiro atoms. The highest BCUT2D eigenvalue weighted by Gasteiger charge is 2.04. The summed E-state index contributed by atoms with van der Waals surface area (Å²) in [6.45, 7) is 7.91. The number of hydrogen-bond acceptors (Lipinski definition) is 1. The van der Waals surface area contributed by atoms with Crippen molar-refractivity contribution in [2.45, 2.75) is 13.3 Å². The van der Waals surface area contributed by atoms with Crippen LogP contribution >= 0.6 is 0 Å². The van der Waals surface area contributed by atoms with Gasteiger partial charge >= 0.3 is 0 Å². The number of aromatic amines is 1. The van der Waals surface area contributed by atoms with Crippen molar-refractivity contribution in [2.24, 2.45) is 0 Å². The second-order valence-electron chi connectivity index (χ2n) is 4.66. The Hall–Kier alpha value is -1.54. The molecule has 0 saturated heterocycles. The number of aryl methyl sites for hydroxylation is 1. The first-order chi connectivity index (χ1) is 8.20. The Bertz CT molecular complexity index is 511. The molecule has 90 valence electrons. The first-order valence-electron chi connectivity index (χ1n) is 6.07. The third-order valence-electron chi connectivity index (χ3n) is 3.13. The average Bonchev–Trinajstić information content (AvgIpc) is 2.69. The van der Waals surface area contributed by atoms with Crippen LogP contribution in [0.5, 0.6) is 0 Å². The summed E-state index contributed by atoms with van der Waals surface area (Å²) in [6, 6.07) is 6.56. The summed E-state index contributed by atoms with van der Waals surface area (Å²) >= 11 is 0. The first kappa shape index (κ1) is 11.9. The van der Waals surface area contributed by atoms with Crippen LogP contribution in [0.15, 0.2) is 37.1 Å². The number of benzene rings is 1. The molecule has 0 aliphatic rings. The molecule has 2 nitrogen and oxygen atoms in total. The lowest BCUT2D eigenvalue weighted by Gasteiger charge is -2.13. The van der Waals surface area contributed by atoms with E-state index in [1.807, 2.05) is 6.08 Å². The highest BCUT2D eigenvalue weighted by molar-refractivity contribution is 5.83. The van der Waals surface area contributed by atoms with Gasteiger partial charge in [0.15, 0.2) is 0 Å². The van der Waals surface area contributed by atoms with Crippen molar-refractivity contribution >= 4 is 10.9 Å². The van der Waals surface area contributed by atoms with Crippen LogP contribution in [0.4, 0.5) is 0 Å². The molecule has 1 aromatic heterocycles. The number of nitrogens with one attached hydrogen (secondary N) is 1. The lowest BCUT2D eigenvalue weighted by Crippen LogP contribution is -2.20. The van der Waals surface area contributed by atoms with Gasteiger partial charge in [0.2, 0.25) is 0 Å². The summed E-state index contributed by atoms with van der Waals surface area (Å²) in [5.74, 6) is 0. The molecular formula is C15H20N2. The van der Waals surface area contributed by atoms with Crippen LogP contribution in [0, 0.1) is 6.92 Å². The van der Waals surface area contributed by atoms with Gasteiger partial charge in [0, 0.05) is 30.2 Å². The summed E-state index contributed by atoms with van der Waals surface area (Å²) in [5, 5.41) is 1.36. The molecule has 2 aromatic rings. The molecule has 0 radical (unpaired) electrons. The van der Waals surface area contributed by atoms with Crippen molar-refractivity contribution in [3.63, 3.8) is 0 Å². The Balaban J connectivity index is 2.13. The molecule has 0 bridgehead atoms. The van der Waals surface area contributed by atoms with E-state index in [1.54, 1.807) is 0 Å². The standard InChI is InChI=1S/C15H20N2/c1-4-8-17(3)9-7-13-11-16-15-6-5-12(2)10-14(13)15/h4-6,10-11,16H,1,7-9H2,2-3H3. The summed E-state index contributed by atoms with van der Waals surface area (Å²) in [5.41, 5.74) is 3.95. The molecule has 17 heavy (non-hydrogen) atoms. The maximum atomic E-state index is 3.76. The number of fused-ring (bicyclic) bond motifs is 1. The molecule has 1 N–H and O–H groups in total. The molecular weight excluding hydrogens is 208 g/mol. The van der Waals surface area contributed by atoms with Gasteiger partial charge in [-0.25, -0.2) is 0 Å². The molecule has 0 atom stereocenters. The number of likely N-dealkylation sites (N-methyl/N-ethyl adjacent to an activating group) is 1. The Morgan fingerprint density at radius 3 is 3.00 bits per heavy atom. The van der Waals surface area contributed by atoms with E-state index in [4.69, 9.17) is 0 Å². The highest BCUT2D eigenvalue weighted by atomic mass is 15.1. The van der Waals surface area contributed by atoms with Crippen LogP contribution in [-0.2, 0) is 6.42 Å². The third-order valence-corrected chi connectivity index (χ3v) is 3.13. The molecule has 1 heterocycles. The van der Waals surface area contributed by atoms with E-state index in [2.05, 4.69) is 54.8 Å². The largest absolute Gasteiger partial charge is 0.361 e. The van der Waals surface area contributed by atoms with Crippen LogP contribution in [0.3, 0.4) is 0 Å². The summed E-state index contributed by atoms with van der Waals surface area (Å²) < 4.78 is 0.